The van der Waals surface area contributed by atoms with Crippen molar-refractivity contribution in [1.29, 1.82) is 0 Å². The number of hydrogen-bond donors (Lipinski definition) is 2. The molecule has 2 aromatic rings. The molecule has 2 aromatic carbocycles. The summed E-state index contributed by atoms with van der Waals surface area (Å²) in [6, 6.07) is 9.29. The highest BCUT2D eigenvalue weighted by Crippen LogP contribution is 2.35. The van der Waals surface area contributed by atoms with Crippen LogP contribution in [0.15, 0.2) is 42.5 Å². The summed E-state index contributed by atoms with van der Waals surface area (Å²) in [5, 5.41) is 2.01. The molecule has 0 atom stereocenters. The quantitative estimate of drug-likeness (QED) is 0.816. The first kappa shape index (κ1) is 15.2. The molecule has 110 valence electrons. The highest BCUT2D eigenvalue weighted by Gasteiger charge is 2.33. The van der Waals surface area contributed by atoms with Crippen molar-refractivity contribution in [1.82, 2.24) is 0 Å². The first-order valence-corrected chi connectivity index (χ1v) is 6.19. The number of carbonyl (C=O) groups excluding carboxylic acids is 1. The molecule has 0 aromatic heterocycles. The van der Waals surface area contributed by atoms with Crippen LogP contribution in [0.1, 0.15) is 15.9 Å². The third-order valence-electron chi connectivity index (χ3n) is 2.68. The molecule has 0 saturated carbocycles. The van der Waals surface area contributed by atoms with Crippen LogP contribution in [0.5, 0.6) is 0 Å². The van der Waals surface area contributed by atoms with Crippen molar-refractivity contribution < 1.29 is 18.0 Å². The molecule has 1 amide bonds. The standard InChI is InChI=1S/C14H10ClF3N2O/c15-12-5-4-8(6-11(12)14(16,17)18)13(21)20-10-3-1-2-9(19)7-10/h1-7H,19H2,(H,20,21). The van der Waals surface area contributed by atoms with Crippen LogP contribution in [0.4, 0.5) is 24.5 Å². The molecular formula is C14H10ClF3N2O. The highest BCUT2D eigenvalue weighted by atomic mass is 35.5. The summed E-state index contributed by atoms with van der Waals surface area (Å²) in [4.78, 5) is 12.0. The van der Waals surface area contributed by atoms with E-state index in [0.29, 0.717) is 17.4 Å². The van der Waals surface area contributed by atoms with Gasteiger partial charge in [0.05, 0.1) is 10.6 Å². The van der Waals surface area contributed by atoms with Gasteiger partial charge in [-0.2, -0.15) is 13.2 Å². The lowest BCUT2D eigenvalue weighted by Gasteiger charge is -2.11. The fourth-order valence-electron chi connectivity index (χ4n) is 1.70. The zero-order valence-electron chi connectivity index (χ0n) is 10.5. The molecule has 2 rings (SSSR count). The van der Waals surface area contributed by atoms with Gasteiger partial charge in [0.15, 0.2) is 0 Å². The van der Waals surface area contributed by atoms with Gasteiger partial charge in [-0.1, -0.05) is 17.7 Å². The molecule has 0 bridgehead atoms. The zero-order valence-corrected chi connectivity index (χ0v) is 11.3. The van der Waals surface area contributed by atoms with E-state index in [1.807, 2.05) is 0 Å². The average Bonchev–Trinajstić information content (AvgIpc) is 2.37. The number of anilines is 2. The smallest absolute Gasteiger partial charge is 0.399 e. The van der Waals surface area contributed by atoms with Crippen LogP contribution >= 0.6 is 11.6 Å². The summed E-state index contributed by atoms with van der Waals surface area (Å²) in [5.74, 6) is -0.678. The number of alkyl halides is 3. The Balaban J connectivity index is 2.28. The molecule has 0 spiro atoms. The van der Waals surface area contributed by atoms with E-state index in [2.05, 4.69) is 5.32 Å². The van der Waals surface area contributed by atoms with Gasteiger partial charge in [0, 0.05) is 16.9 Å². The Bertz CT molecular complexity index is 686. The molecule has 3 N–H and O–H groups in total. The maximum Gasteiger partial charge on any atom is 0.417 e. The third-order valence-corrected chi connectivity index (χ3v) is 3.01. The zero-order chi connectivity index (χ0) is 15.6. The normalized spacial score (nSPS) is 11.2. The van der Waals surface area contributed by atoms with Gasteiger partial charge in [0.1, 0.15) is 0 Å². The molecule has 0 aliphatic carbocycles. The summed E-state index contributed by atoms with van der Waals surface area (Å²) in [7, 11) is 0. The molecule has 0 unspecified atom stereocenters. The molecule has 0 heterocycles. The molecular weight excluding hydrogens is 305 g/mol. The first-order valence-electron chi connectivity index (χ1n) is 5.81. The van der Waals surface area contributed by atoms with E-state index in [1.165, 1.54) is 12.1 Å². The number of benzene rings is 2. The van der Waals surface area contributed by atoms with Crippen LogP contribution < -0.4 is 11.1 Å². The molecule has 0 aliphatic heterocycles. The van der Waals surface area contributed by atoms with Gasteiger partial charge in [0.25, 0.3) is 5.91 Å². The number of rotatable bonds is 2. The lowest BCUT2D eigenvalue weighted by molar-refractivity contribution is -0.137. The van der Waals surface area contributed by atoms with Crippen molar-refractivity contribution in [3.05, 3.63) is 58.6 Å². The largest absolute Gasteiger partial charge is 0.417 e. The Kier molecular flexibility index (Phi) is 4.09. The Hall–Kier alpha value is -2.21. The second-order valence-corrected chi connectivity index (χ2v) is 4.68. The van der Waals surface area contributed by atoms with E-state index in [1.54, 1.807) is 18.2 Å². The second kappa shape index (κ2) is 5.65. The topological polar surface area (TPSA) is 55.1 Å². The van der Waals surface area contributed by atoms with E-state index < -0.39 is 22.7 Å². The molecule has 7 heteroatoms. The fourth-order valence-corrected chi connectivity index (χ4v) is 1.93. The number of nitrogens with one attached hydrogen (secondary N) is 1. The summed E-state index contributed by atoms with van der Waals surface area (Å²) < 4.78 is 38.2. The lowest BCUT2D eigenvalue weighted by Crippen LogP contribution is -2.14. The number of hydrogen-bond acceptors (Lipinski definition) is 2. The van der Waals surface area contributed by atoms with Crippen molar-refractivity contribution in [2.75, 3.05) is 11.1 Å². The van der Waals surface area contributed by atoms with Crippen molar-refractivity contribution in [2.45, 2.75) is 6.18 Å². The Morgan fingerprint density at radius 2 is 1.86 bits per heavy atom. The van der Waals surface area contributed by atoms with Crippen molar-refractivity contribution >= 4 is 28.9 Å². The molecule has 0 saturated heterocycles. The van der Waals surface area contributed by atoms with Gasteiger partial charge in [-0.25, -0.2) is 0 Å². The van der Waals surface area contributed by atoms with Gasteiger partial charge in [-0.3, -0.25) is 4.79 Å². The minimum atomic E-state index is -4.62. The van der Waals surface area contributed by atoms with Crippen LogP contribution in [0.25, 0.3) is 0 Å². The van der Waals surface area contributed by atoms with Crippen molar-refractivity contribution in [3.8, 4) is 0 Å². The Morgan fingerprint density at radius 3 is 2.48 bits per heavy atom. The highest BCUT2D eigenvalue weighted by molar-refractivity contribution is 6.31. The van der Waals surface area contributed by atoms with E-state index >= 15 is 0 Å². The summed E-state index contributed by atoms with van der Waals surface area (Å²) >= 11 is 5.50. The van der Waals surface area contributed by atoms with Crippen LogP contribution in [0.2, 0.25) is 5.02 Å². The monoisotopic (exact) mass is 314 g/mol. The van der Waals surface area contributed by atoms with Crippen LogP contribution in [0.3, 0.4) is 0 Å². The third kappa shape index (κ3) is 3.66. The van der Waals surface area contributed by atoms with Crippen LogP contribution in [-0.4, -0.2) is 5.91 Å². The van der Waals surface area contributed by atoms with Crippen molar-refractivity contribution in [3.63, 3.8) is 0 Å². The van der Waals surface area contributed by atoms with E-state index in [9.17, 15) is 18.0 Å². The fraction of sp³-hybridized carbons (Fsp3) is 0.0714. The van der Waals surface area contributed by atoms with E-state index in [4.69, 9.17) is 17.3 Å². The minimum absolute atomic E-state index is 0.144. The van der Waals surface area contributed by atoms with Gasteiger partial charge >= 0.3 is 6.18 Å². The van der Waals surface area contributed by atoms with Gasteiger partial charge in [-0.15, -0.1) is 0 Å². The van der Waals surface area contributed by atoms with Crippen LogP contribution in [-0.2, 0) is 6.18 Å². The molecule has 0 radical (unpaired) electrons. The Morgan fingerprint density at radius 1 is 1.14 bits per heavy atom. The van der Waals surface area contributed by atoms with E-state index in [0.717, 1.165) is 6.07 Å². The van der Waals surface area contributed by atoms with E-state index in [-0.39, 0.29) is 5.56 Å². The SMILES string of the molecule is Nc1cccc(NC(=O)c2ccc(Cl)c(C(F)(F)F)c2)c1. The lowest BCUT2D eigenvalue weighted by atomic mass is 10.1. The minimum Gasteiger partial charge on any atom is -0.399 e. The Labute approximate surface area is 123 Å². The number of amides is 1. The maximum absolute atomic E-state index is 12.7. The second-order valence-electron chi connectivity index (χ2n) is 4.27. The number of nitrogens with two attached hydrogens (primary N) is 1. The maximum atomic E-state index is 12.7. The number of halogens is 4. The molecule has 0 aliphatic rings. The number of nitrogen functional groups attached to an aromatic ring is 1. The van der Waals surface area contributed by atoms with Gasteiger partial charge < -0.3 is 11.1 Å². The summed E-state index contributed by atoms with van der Waals surface area (Å²) in [6.45, 7) is 0. The average molecular weight is 315 g/mol. The van der Waals surface area contributed by atoms with Crippen LogP contribution in [0, 0.1) is 0 Å². The van der Waals surface area contributed by atoms with Crippen molar-refractivity contribution in [2.24, 2.45) is 0 Å². The molecule has 3 nitrogen and oxygen atoms in total. The number of carbonyl (C=O) groups is 1. The summed E-state index contributed by atoms with van der Waals surface area (Å²) in [6.07, 6.45) is -4.62. The predicted molar refractivity (Wildman–Crippen MR) is 75.3 cm³/mol. The molecule has 21 heavy (non-hydrogen) atoms. The predicted octanol–water partition coefficient (Wildman–Crippen LogP) is 4.19. The molecule has 0 fully saturated rings. The summed E-state index contributed by atoms with van der Waals surface area (Å²) in [5.41, 5.74) is 5.18. The first-order chi connectivity index (χ1) is 9.77. The van der Waals surface area contributed by atoms with Gasteiger partial charge in [-0.05, 0) is 36.4 Å². The van der Waals surface area contributed by atoms with Gasteiger partial charge in [0.2, 0.25) is 0 Å².